The summed E-state index contributed by atoms with van der Waals surface area (Å²) < 4.78 is 1.62. The van der Waals surface area contributed by atoms with Crippen molar-refractivity contribution in [1.29, 1.82) is 0 Å². The summed E-state index contributed by atoms with van der Waals surface area (Å²) in [5.74, 6) is -0.286. The lowest BCUT2D eigenvalue weighted by molar-refractivity contribution is -0.143. The second-order valence-corrected chi connectivity index (χ2v) is 7.12. The number of piperidine rings is 1. The molecule has 1 aliphatic heterocycles. The number of carboxylic acids is 1. The number of anilines is 1. The fraction of sp³-hybridized carbons (Fsp3) is 0.588. The smallest absolute Gasteiger partial charge is 0.326 e. The molecule has 1 amide bonds. The summed E-state index contributed by atoms with van der Waals surface area (Å²) in [6, 6.07) is 2.93. The molecule has 2 aromatic heterocycles. The maximum absolute atomic E-state index is 12.4. The molecule has 0 spiro atoms. The first-order chi connectivity index (χ1) is 12.4. The van der Waals surface area contributed by atoms with Crippen LogP contribution in [0.4, 0.5) is 5.82 Å². The molecule has 140 valence electrons. The molecule has 1 fully saturated rings. The highest BCUT2D eigenvalue weighted by molar-refractivity contribution is 5.85. The zero-order valence-corrected chi connectivity index (χ0v) is 15.0. The van der Waals surface area contributed by atoms with Gasteiger partial charge in [0.05, 0.1) is 0 Å². The van der Waals surface area contributed by atoms with Crippen LogP contribution < -0.4 is 10.2 Å². The van der Waals surface area contributed by atoms with Crippen LogP contribution in [0.2, 0.25) is 0 Å². The molecule has 1 aliphatic rings. The Balaban J connectivity index is 1.57. The van der Waals surface area contributed by atoms with E-state index in [1.54, 1.807) is 10.8 Å². The quantitative estimate of drug-likeness (QED) is 0.789. The number of nitrogens with zero attached hydrogens (tertiary/aromatic N) is 5. The van der Waals surface area contributed by atoms with E-state index in [1.165, 1.54) is 0 Å². The Bertz CT molecular complexity index is 782. The van der Waals surface area contributed by atoms with Crippen LogP contribution in [0.3, 0.4) is 0 Å². The first-order valence-electron chi connectivity index (χ1n) is 8.89. The average molecular weight is 360 g/mol. The van der Waals surface area contributed by atoms with Gasteiger partial charge in [0.2, 0.25) is 5.91 Å². The number of rotatable bonds is 6. The number of nitrogens with one attached hydrogen (secondary N) is 1. The minimum Gasteiger partial charge on any atom is -0.480 e. The fourth-order valence-electron chi connectivity index (χ4n) is 3.24. The van der Waals surface area contributed by atoms with Gasteiger partial charge in [-0.25, -0.2) is 4.79 Å². The number of aromatic nitrogens is 4. The highest BCUT2D eigenvalue weighted by atomic mass is 16.4. The maximum atomic E-state index is 12.4. The van der Waals surface area contributed by atoms with Crippen molar-refractivity contribution in [1.82, 2.24) is 25.1 Å². The number of carbonyl (C=O) groups excluding carboxylic acids is 1. The van der Waals surface area contributed by atoms with Gasteiger partial charge in [0, 0.05) is 19.0 Å². The number of carboxylic acid groups (broad SMARTS) is 1. The van der Waals surface area contributed by atoms with E-state index in [2.05, 4.69) is 25.5 Å². The lowest BCUT2D eigenvalue weighted by Gasteiger charge is -2.32. The largest absolute Gasteiger partial charge is 0.480 e. The number of hydrogen-bond donors (Lipinski definition) is 2. The predicted molar refractivity (Wildman–Crippen MR) is 94.7 cm³/mol. The van der Waals surface area contributed by atoms with E-state index in [0.29, 0.717) is 38.0 Å². The lowest BCUT2D eigenvalue weighted by Crippen LogP contribution is -2.47. The van der Waals surface area contributed by atoms with Crippen LogP contribution in [0.1, 0.15) is 33.1 Å². The van der Waals surface area contributed by atoms with Gasteiger partial charge in [-0.2, -0.15) is 4.52 Å². The Labute approximate surface area is 151 Å². The summed E-state index contributed by atoms with van der Waals surface area (Å²) in [5.41, 5.74) is 0.688. The minimum absolute atomic E-state index is 0.167. The van der Waals surface area contributed by atoms with Crippen molar-refractivity contribution in [3.05, 3.63) is 18.5 Å². The molecule has 2 N–H and O–H groups in total. The molecule has 0 bridgehead atoms. The maximum Gasteiger partial charge on any atom is 0.326 e. The molecule has 26 heavy (non-hydrogen) atoms. The van der Waals surface area contributed by atoms with E-state index >= 15 is 0 Å². The van der Waals surface area contributed by atoms with Gasteiger partial charge in [0.15, 0.2) is 5.65 Å². The van der Waals surface area contributed by atoms with E-state index < -0.39 is 12.0 Å². The first kappa shape index (κ1) is 18.1. The van der Waals surface area contributed by atoms with Crippen molar-refractivity contribution < 1.29 is 14.7 Å². The number of aliphatic carboxylic acids is 1. The van der Waals surface area contributed by atoms with Crippen LogP contribution >= 0.6 is 0 Å². The van der Waals surface area contributed by atoms with Crippen LogP contribution in [-0.2, 0) is 9.59 Å². The van der Waals surface area contributed by atoms with Crippen molar-refractivity contribution in [2.24, 2.45) is 11.8 Å². The van der Waals surface area contributed by atoms with Crippen LogP contribution in [0.5, 0.6) is 0 Å². The van der Waals surface area contributed by atoms with E-state index in [1.807, 2.05) is 26.0 Å². The second kappa shape index (κ2) is 7.67. The third kappa shape index (κ3) is 4.09. The molecule has 0 unspecified atom stereocenters. The van der Waals surface area contributed by atoms with Gasteiger partial charge in [-0.05, 0) is 37.3 Å². The summed E-state index contributed by atoms with van der Waals surface area (Å²) in [6.45, 7) is 5.28. The van der Waals surface area contributed by atoms with Gasteiger partial charge in [0.1, 0.15) is 18.2 Å². The predicted octanol–water partition coefficient (Wildman–Crippen LogP) is 0.956. The Hall–Kier alpha value is -2.71. The van der Waals surface area contributed by atoms with Crippen molar-refractivity contribution in [2.75, 3.05) is 18.0 Å². The van der Waals surface area contributed by atoms with Gasteiger partial charge in [-0.3, -0.25) is 4.79 Å². The van der Waals surface area contributed by atoms with Crippen LogP contribution in [0, 0.1) is 11.8 Å². The van der Waals surface area contributed by atoms with Gasteiger partial charge < -0.3 is 15.3 Å². The van der Waals surface area contributed by atoms with Crippen molar-refractivity contribution >= 4 is 23.3 Å². The topological polar surface area (TPSA) is 113 Å². The first-order valence-corrected chi connectivity index (χ1v) is 8.89. The summed E-state index contributed by atoms with van der Waals surface area (Å²) in [4.78, 5) is 25.9. The van der Waals surface area contributed by atoms with Gasteiger partial charge >= 0.3 is 5.97 Å². The summed E-state index contributed by atoms with van der Waals surface area (Å²) >= 11 is 0. The SMILES string of the molecule is CC(C)C[C@H](NC(=O)C1CCN(c2ccc3nncn3n2)CC1)C(=O)O. The lowest BCUT2D eigenvalue weighted by atomic mass is 9.94. The normalized spacial score (nSPS) is 16.8. The highest BCUT2D eigenvalue weighted by Gasteiger charge is 2.29. The van der Waals surface area contributed by atoms with Crippen molar-refractivity contribution in [3.63, 3.8) is 0 Å². The number of carbonyl (C=O) groups is 2. The van der Waals surface area contributed by atoms with Crippen LogP contribution in [0.15, 0.2) is 18.5 Å². The third-order valence-corrected chi connectivity index (χ3v) is 4.66. The van der Waals surface area contributed by atoms with Gasteiger partial charge in [-0.15, -0.1) is 15.3 Å². The minimum atomic E-state index is -0.976. The average Bonchev–Trinajstić information content (AvgIpc) is 3.08. The molecule has 9 heteroatoms. The Kier molecular flexibility index (Phi) is 5.34. The Morgan fingerprint density at radius 3 is 2.69 bits per heavy atom. The van der Waals surface area contributed by atoms with Crippen LogP contribution in [0.25, 0.3) is 5.65 Å². The number of hydrogen-bond acceptors (Lipinski definition) is 6. The van der Waals surface area contributed by atoms with Crippen LogP contribution in [-0.4, -0.2) is 55.9 Å². The fourth-order valence-corrected chi connectivity index (χ4v) is 3.24. The molecule has 1 atom stereocenters. The molecule has 9 nitrogen and oxygen atoms in total. The number of fused-ring (bicyclic) bond motifs is 1. The van der Waals surface area contributed by atoms with Crippen molar-refractivity contribution in [2.45, 2.75) is 39.2 Å². The second-order valence-electron chi connectivity index (χ2n) is 7.12. The molecule has 2 aromatic rings. The zero-order valence-electron chi connectivity index (χ0n) is 15.0. The third-order valence-electron chi connectivity index (χ3n) is 4.66. The Morgan fingerprint density at radius 2 is 2.04 bits per heavy atom. The molecule has 0 radical (unpaired) electrons. The van der Waals surface area contributed by atoms with E-state index in [4.69, 9.17) is 0 Å². The molecule has 3 rings (SSSR count). The highest BCUT2D eigenvalue weighted by Crippen LogP contribution is 2.22. The molecule has 0 aliphatic carbocycles. The molecule has 3 heterocycles. The Morgan fingerprint density at radius 1 is 1.31 bits per heavy atom. The van der Waals surface area contributed by atoms with E-state index in [0.717, 1.165) is 5.82 Å². The zero-order chi connectivity index (χ0) is 18.7. The molecule has 0 aromatic carbocycles. The molecule has 1 saturated heterocycles. The monoisotopic (exact) mass is 360 g/mol. The summed E-state index contributed by atoms with van der Waals surface area (Å²) in [7, 11) is 0. The van der Waals surface area contributed by atoms with E-state index in [9.17, 15) is 14.7 Å². The summed E-state index contributed by atoms with van der Waals surface area (Å²) in [5, 5.41) is 24.2. The summed E-state index contributed by atoms with van der Waals surface area (Å²) in [6.07, 6.45) is 3.33. The van der Waals surface area contributed by atoms with E-state index in [-0.39, 0.29) is 17.7 Å². The molecule has 0 saturated carbocycles. The molecular formula is C17H24N6O3. The number of amides is 1. The molecular weight excluding hydrogens is 336 g/mol. The van der Waals surface area contributed by atoms with Crippen molar-refractivity contribution in [3.8, 4) is 0 Å². The van der Waals surface area contributed by atoms with Gasteiger partial charge in [-0.1, -0.05) is 13.8 Å². The van der Waals surface area contributed by atoms with Gasteiger partial charge in [0.25, 0.3) is 0 Å². The standard InChI is InChI=1S/C17H24N6O3/c1-11(2)9-13(17(25)26)19-16(24)12-5-7-22(8-6-12)15-4-3-14-20-18-10-23(14)21-15/h3-4,10-13H,5-9H2,1-2H3,(H,19,24)(H,25,26)/t13-/m0/s1.